The van der Waals surface area contributed by atoms with E-state index in [1.54, 1.807) is 0 Å². The van der Waals surface area contributed by atoms with Gasteiger partial charge in [0.1, 0.15) is 11.5 Å². The van der Waals surface area contributed by atoms with Crippen molar-refractivity contribution in [2.24, 2.45) is 0 Å². The van der Waals surface area contributed by atoms with Crippen molar-refractivity contribution >= 4 is 5.97 Å². The molecule has 2 aromatic carbocycles. The van der Waals surface area contributed by atoms with E-state index in [2.05, 4.69) is 11.3 Å². The summed E-state index contributed by atoms with van der Waals surface area (Å²) in [7, 11) is 0. The lowest BCUT2D eigenvalue weighted by Crippen LogP contribution is -2.54. The van der Waals surface area contributed by atoms with Gasteiger partial charge in [0.25, 0.3) is 11.2 Å². The summed E-state index contributed by atoms with van der Waals surface area (Å²) in [5.41, 5.74) is -26.3. The predicted molar refractivity (Wildman–Crippen MR) is 134 cm³/mol. The molecule has 0 saturated heterocycles. The first kappa shape index (κ1) is 46.1. The van der Waals surface area contributed by atoms with Gasteiger partial charge in [-0.2, -0.15) is 79.0 Å². The van der Waals surface area contributed by atoms with Crippen LogP contribution < -0.4 is 4.74 Å². The average Bonchev–Trinajstić information content (AvgIpc) is 2.92. The fourth-order valence-corrected chi connectivity index (χ4v) is 3.71. The molecule has 0 amide bonds. The van der Waals surface area contributed by atoms with Crippen LogP contribution in [0.3, 0.4) is 0 Å². The second kappa shape index (κ2) is 13.8. The van der Waals surface area contributed by atoms with Crippen molar-refractivity contribution in [2.45, 2.75) is 73.3 Å². The Bertz CT molecular complexity index is 1580. The molecule has 2 atom stereocenters. The summed E-state index contributed by atoms with van der Waals surface area (Å²) in [5, 5.41) is 46.7. The van der Waals surface area contributed by atoms with E-state index in [0.29, 0.717) is 6.08 Å². The number of aromatic hydroxyl groups is 1. The molecule has 2 unspecified atom stereocenters. The van der Waals surface area contributed by atoms with Crippen LogP contribution in [0.1, 0.15) is 36.1 Å². The highest BCUT2D eigenvalue weighted by Gasteiger charge is 2.73. The number of aliphatic hydroxyl groups is 4. The molecule has 0 bridgehead atoms. The Balaban J connectivity index is 0.000000526. The molecule has 0 aliphatic rings. The summed E-state index contributed by atoms with van der Waals surface area (Å²) < 4.78 is 236. The van der Waals surface area contributed by atoms with Gasteiger partial charge in [-0.25, -0.2) is 4.79 Å². The molecule has 0 aromatic heterocycles. The van der Waals surface area contributed by atoms with E-state index in [4.69, 9.17) is 5.11 Å². The number of ether oxygens (including phenoxy) is 1. The Kier molecular flexibility index (Phi) is 12.2. The Morgan fingerprint density at radius 2 is 0.788 bits per heavy atom. The van der Waals surface area contributed by atoms with Crippen molar-refractivity contribution in [3.05, 3.63) is 71.3 Å². The number of phenols is 1. The molecule has 5 N–H and O–H groups in total. The number of benzene rings is 2. The number of halogens is 18. The van der Waals surface area contributed by atoms with Crippen LogP contribution in [-0.4, -0.2) is 68.6 Å². The van der Waals surface area contributed by atoms with Crippen LogP contribution in [0.4, 0.5) is 79.0 Å². The molecule has 0 saturated carbocycles. The predicted octanol–water partition coefficient (Wildman–Crippen LogP) is 7.33. The van der Waals surface area contributed by atoms with Gasteiger partial charge >= 0.3 is 43.0 Å². The summed E-state index contributed by atoms with van der Waals surface area (Å²) in [6, 6.07) is -0.654. The first-order valence-electron chi connectivity index (χ1n) is 12.8. The maximum atomic E-state index is 13.0. The highest BCUT2D eigenvalue weighted by molar-refractivity contribution is 5.83. The van der Waals surface area contributed by atoms with E-state index in [0.717, 1.165) is 0 Å². The van der Waals surface area contributed by atoms with Gasteiger partial charge in [0.15, 0.2) is 11.2 Å². The maximum absolute atomic E-state index is 13.0. The van der Waals surface area contributed by atoms with Gasteiger partial charge in [0.05, 0.1) is 0 Å². The molecule has 0 aliphatic heterocycles. The third kappa shape index (κ3) is 8.62. The SMILES string of the molecule is C=CC(=O)Oc1cc(C(C)(O)C(F)(F)F)cc(C(O)(C(F)(F)F)C(F)(F)F)c1.CC(O)(c1cc(O)cc(C(O)(C(F)(F)F)C(F)(F)F)c1)C(F)(F)F. The van der Waals surface area contributed by atoms with Gasteiger partial charge in [0.2, 0.25) is 0 Å². The normalized spacial score (nSPS) is 16.2. The summed E-state index contributed by atoms with van der Waals surface area (Å²) in [5.74, 6) is -4.11. The Morgan fingerprint density at radius 3 is 1.08 bits per heavy atom. The number of carbonyl (C=O) groups is 1. The second-order valence-electron chi connectivity index (χ2n) is 10.7. The Hall–Kier alpha value is -3.97. The number of alkyl halides is 18. The molecular formula is C27H20F18O7. The fraction of sp³-hybridized carbons (Fsp3) is 0.444. The molecule has 0 radical (unpaired) electrons. The molecule has 2 aromatic rings. The number of hydrogen-bond acceptors (Lipinski definition) is 7. The zero-order valence-corrected chi connectivity index (χ0v) is 25.1. The molecule has 25 heteroatoms. The van der Waals surface area contributed by atoms with Crippen molar-refractivity contribution in [1.82, 2.24) is 0 Å². The van der Waals surface area contributed by atoms with E-state index >= 15 is 0 Å². The first-order valence-corrected chi connectivity index (χ1v) is 12.8. The smallest absolute Gasteiger partial charge is 0.430 e. The van der Waals surface area contributed by atoms with E-state index < -0.39 is 99.2 Å². The van der Waals surface area contributed by atoms with Gasteiger partial charge in [-0.05, 0) is 61.4 Å². The number of phenolic OH excluding ortho intramolecular Hbond substituents is 1. The third-order valence-electron chi connectivity index (χ3n) is 6.91. The molecule has 0 fully saturated rings. The van der Waals surface area contributed by atoms with Crippen LogP contribution in [0.5, 0.6) is 11.5 Å². The molecule has 0 heterocycles. The third-order valence-corrected chi connectivity index (χ3v) is 6.91. The van der Waals surface area contributed by atoms with Crippen molar-refractivity contribution in [2.75, 3.05) is 0 Å². The quantitative estimate of drug-likeness (QED) is 0.0897. The van der Waals surface area contributed by atoms with Crippen LogP contribution in [0.2, 0.25) is 0 Å². The molecule has 52 heavy (non-hydrogen) atoms. The van der Waals surface area contributed by atoms with Crippen molar-refractivity contribution in [3.8, 4) is 11.5 Å². The molecule has 2 rings (SSSR count). The van der Waals surface area contributed by atoms with Gasteiger partial charge in [-0.1, -0.05) is 6.58 Å². The zero-order valence-electron chi connectivity index (χ0n) is 25.1. The van der Waals surface area contributed by atoms with Crippen LogP contribution in [-0.2, 0) is 27.2 Å². The van der Waals surface area contributed by atoms with Crippen LogP contribution >= 0.6 is 0 Å². The second-order valence-corrected chi connectivity index (χ2v) is 10.7. The number of rotatable bonds is 6. The minimum atomic E-state index is -6.42. The lowest BCUT2D eigenvalue weighted by Gasteiger charge is -2.34. The summed E-state index contributed by atoms with van der Waals surface area (Å²) in [6.45, 7) is 3.01. The number of hydrogen-bond donors (Lipinski definition) is 5. The van der Waals surface area contributed by atoms with Gasteiger partial charge in [0, 0.05) is 17.2 Å². The minimum Gasteiger partial charge on any atom is -0.508 e. The van der Waals surface area contributed by atoms with Gasteiger partial charge in [-0.3, -0.25) is 0 Å². The van der Waals surface area contributed by atoms with Crippen molar-refractivity contribution in [3.63, 3.8) is 0 Å². The van der Waals surface area contributed by atoms with E-state index in [9.17, 15) is 104 Å². The van der Waals surface area contributed by atoms with Crippen molar-refractivity contribution in [1.29, 1.82) is 0 Å². The lowest BCUT2D eigenvalue weighted by molar-refractivity contribution is -0.376. The summed E-state index contributed by atoms with van der Waals surface area (Å²) >= 11 is 0. The van der Waals surface area contributed by atoms with E-state index in [1.165, 1.54) is 0 Å². The monoisotopic (exact) mass is 798 g/mol. The van der Waals surface area contributed by atoms with Crippen molar-refractivity contribution < 1.29 is 114 Å². The molecule has 0 spiro atoms. The fourth-order valence-electron chi connectivity index (χ4n) is 3.71. The summed E-state index contributed by atoms with van der Waals surface area (Å²) in [6.07, 6.45) is -36.2. The van der Waals surface area contributed by atoms with Gasteiger partial charge in [-0.15, -0.1) is 0 Å². The largest absolute Gasteiger partial charge is 0.508 e. The molecule has 296 valence electrons. The average molecular weight is 798 g/mol. The van der Waals surface area contributed by atoms with Crippen LogP contribution in [0.25, 0.3) is 0 Å². The van der Waals surface area contributed by atoms with Gasteiger partial charge < -0.3 is 30.3 Å². The number of esters is 1. The standard InChI is InChI=1S/C15H11F9O4.C12H9F9O3/c1-3-10(25)28-9-5-7(11(2,26)13(16,17)18)4-8(6-9)12(27,14(19,20)21)15(22,23)24;1-8(23,10(13,14)15)5-2-6(4-7(22)3-5)9(24,11(16,17)18)12(19,20)21/h3-6,26-27H,1H2,2H3;2-4,22-24H,1H3. The van der Waals surface area contributed by atoms with Crippen LogP contribution in [0.15, 0.2) is 49.1 Å². The van der Waals surface area contributed by atoms with E-state index in [1.807, 2.05) is 0 Å². The maximum Gasteiger partial charge on any atom is 0.430 e. The molecule has 0 aliphatic carbocycles. The highest BCUT2D eigenvalue weighted by Crippen LogP contribution is 2.53. The topological polar surface area (TPSA) is 127 Å². The minimum absolute atomic E-state index is 0.0471. The van der Waals surface area contributed by atoms with Crippen LogP contribution in [0, 0.1) is 0 Å². The first-order chi connectivity index (χ1) is 22.6. The zero-order chi connectivity index (χ0) is 41.7. The summed E-state index contributed by atoms with van der Waals surface area (Å²) in [4.78, 5) is 11.2. The Labute approximate surface area is 277 Å². The van der Waals surface area contributed by atoms with E-state index in [-0.39, 0.29) is 50.2 Å². The molecule has 7 nitrogen and oxygen atoms in total. The number of carbonyl (C=O) groups excluding carboxylic acids is 1. The Morgan fingerprint density at radius 1 is 0.519 bits per heavy atom. The highest BCUT2D eigenvalue weighted by atomic mass is 19.4. The lowest BCUT2D eigenvalue weighted by atomic mass is 9.86. The molecular weight excluding hydrogens is 778 g/mol.